The van der Waals surface area contributed by atoms with Gasteiger partial charge in [-0.1, -0.05) is 48.5 Å². The van der Waals surface area contributed by atoms with Gasteiger partial charge in [-0.2, -0.15) is 21.0 Å². The van der Waals surface area contributed by atoms with Gasteiger partial charge in [0.1, 0.15) is 98.9 Å². The smallest absolute Gasteiger partial charge is 0.134 e. The maximum absolute atomic E-state index is 11.1. The fourth-order valence-electron chi connectivity index (χ4n) is 17.5. The molecule has 1 aliphatic carbocycles. The van der Waals surface area contributed by atoms with Crippen LogP contribution in [0.15, 0.2) is 121 Å². The van der Waals surface area contributed by atoms with E-state index < -0.39 is 23.7 Å². The maximum Gasteiger partial charge on any atom is 0.134 e. The van der Waals surface area contributed by atoms with Crippen molar-refractivity contribution in [3.63, 3.8) is 0 Å². The average molecular weight is 1810 g/mol. The Morgan fingerprint density at radius 2 is 0.379 bits per heavy atom. The van der Waals surface area contributed by atoms with Crippen molar-refractivity contribution in [2.24, 2.45) is 0 Å². The number of methoxy groups -OCH3 is 4. The van der Waals surface area contributed by atoms with E-state index in [1.165, 1.54) is 0 Å². The second-order valence-electron chi connectivity index (χ2n) is 32.0. The van der Waals surface area contributed by atoms with Gasteiger partial charge in [0.25, 0.3) is 0 Å². The Balaban J connectivity index is 1.13. The molecule has 132 heavy (non-hydrogen) atoms. The zero-order chi connectivity index (χ0) is 91.5. The largest absolute Gasteiger partial charge is 0.489 e. The lowest BCUT2D eigenvalue weighted by Crippen LogP contribution is -2.16. The second kappa shape index (κ2) is 54.6. The quantitative estimate of drug-likeness (QED) is 0.0320. The first-order valence-electron chi connectivity index (χ1n) is 46.1. The number of benzene rings is 8. The van der Waals surface area contributed by atoms with Crippen LogP contribution in [0.1, 0.15) is 142 Å². The standard InChI is InChI=1S/C104H124N4O24/c1-109-29-33-117-45-49-121-41-37-113-25-9-21-81-85-65-87-82(22-10-26-114-38-42-122-50-46-118-34-30-110-2)89-67-91-84(24-12-28-116-40-44-124-52-48-120-36-32-112-4)92-68-90-83(23-11-27-115-39-43-123-51-47-119-35-31-111-3)88-66-86(81)98-94(78-18-6-14-74(62-78)70-106)100(88)128-56-58-130-102(90)96(80-20-8-16-76(64-80)72-108)104(92)132-60-59-131-103(91)95(79-19-7-15-75(63-79)71-107)101(89)129-57-55-127-99(87)93(97(85)125-53-54-126-98)77-17-5-13-73(61-77)69-105/h5-8,13-20,61-68,81-84H,9-12,21-60H2,1-4H3. The molecule has 28 heteroatoms. The lowest BCUT2D eigenvalue weighted by molar-refractivity contribution is 0.00319. The van der Waals surface area contributed by atoms with Crippen molar-refractivity contribution in [2.75, 3.05) is 266 Å². The van der Waals surface area contributed by atoms with Gasteiger partial charge in [0.15, 0.2) is 0 Å². The highest BCUT2D eigenvalue weighted by atomic mass is 16.6. The van der Waals surface area contributed by atoms with Crippen LogP contribution >= 0.6 is 0 Å². The molecule has 13 rings (SSSR count). The van der Waals surface area contributed by atoms with E-state index in [9.17, 15) is 21.0 Å². The molecule has 4 aliphatic heterocycles. The van der Waals surface area contributed by atoms with Crippen LogP contribution in [0.2, 0.25) is 0 Å². The van der Waals surface area contributed by atoms with Gasteiger partial charge in [-0.25, -0.2) is 0 Å². The highest BCUT2D eigenvalue weighted by molar-refractivity contribution is 5.89. The fraction of sp³-hybridized carbons (Fsp3) is 0.500. The lowest BCUT2D eigenvalue weighted by Gasteiger charge is -2.33. The molecule has 0 amide bonds. The monoisotopic (exact) mass is 1810 g/mol. The molecule has 0 aromatic heterocycles. The molecule has 0 spiro atoms. The summed E-state index contributed by atoms with van der Waals surface area (Å²) in [5, 5.41) is 44.2. The number of nitriles is 4. The SMILES string of the molecule is COCCOCCOCCOCCCC1c2cc3c4c(-c5cccc(C#N)c5)c2OCCOc2c1cc1c(c2-c2cccc(C#N)c2)OCCOc2c(cc5c(c2-c2cccc(C#N)c2)OCCOc2c(cc(c(c2-c2cccc(C#N)c2)OCCO4)C3CCCOCCOCCOCCOC)C5CCCOCCOCCOCCOC)C1CCCOCCOCCOCCOC. The summed E-state index contributed by atoms with van der Waals surface area (Å²) >= 11 is 0. The Labute approximate surface area is 775 Å². The molecule has 0 atom stereocenters. The second-order valence-corrected chi connectivity index (χ2v) is 32.0. The van der Waals surface area contributed by atoms with Crippen molar-refractivity contribution in [3.8, 4) is 115 Å². The fourth-order valence-corrected chi connectivity index (χ4v) is 17.5. The lowest BCUT2D eigenvalue weighted by atomic mass is 9.73. The highest BCUT2D eigenvalue weighted by Gasteiger charge is 2.42. The summed E-state index contributed by atoms with van der Waals surface area (Å²) in [6.07, 6.45) is 3.66. The first kappa shape index (κ1) is 99.0. The van der Waals surface area contributed by atoms with E-state index in [0.29, 0.717) is 349 Å². The first-order chi connectivity index (χ1) is 65.3. The van der Waals surface area contributed by atoms with Crippen LogP contribution in [0, 0.1) is 45.3 Å². The zero-order valence-electron chi connectivity index (χ0n) is 76.6. The third-order valence-electron chi connectivity index (χ3n) is 23.4. The molecule has 0 saturated heterocycles. The Morgan fingerprint density at radius 1 is 0.220 bits per heavy atom. The molecule has 28 nitrogen and oxygen atoms in total. The molecule has 4 heterocycles. The number of ether oxygens (including phenoxy) is 24. The van der Waals surface area contributed by atoms with Gasteiger partial charge in [0.2, 0.25) is 0 Å². The summed E-state index contributed by atoms with van der Waals surface area (Å²) in [6.45, 7) is 10.8. The molecular formula is C104H124N4O24. The predicted molar refractivity (Wildman–Crippen MR) is 492 cm³/mol. The van der Waals surface area contributed by atoms with Crippen LogP contribution in [-0.4, -0.2) is 266 Å². The molecule has 0 fully saturated rings. The zero-order valence-corrected chi connectivity index (χ0v) is 76.6. The Hall–Kier alpha value is -10.5. The van der Waals surface area contributed by atoms with Crippen LogP contribution < -0.4 is 37.9 Å². The molecule has 0 radical (unpaired) electrons. The minimum Gasteiger partial charge on any atom is -0.489 e. The molecule has 704 valence electrons. The summed E-state index contributed by atoms with van der Waals surface area (Å²) in [7, 11) is 6.56. The highest BCUT2D eigenvalue weighted by Crippen LogP contribution is 2.62. The first-order valence-corrected chi connectivity index (χ1v) is 46.1. The molecular weight excluding hydrogens is 1690 g/mol. The van der Waals surface area contributed by atoms with Gasteiger partial charge in [0, 0.05) is 123 Å². The van der Waals surface area contributed by atoms with Gasteiger partial charge in [-0.15, -0.1) is 0 Å². The van der Waals surface area contributed by atoms with Crippen LogP contribution in [0.25, 0.3) is 44.5 Å². The van der Waals surface area contributed by atoms with Crippen LogP contribution in [0.4, 0.5) is 0 Å². The predicted octanol–water partition coefficient (Wildman–Crippen LogP) is 15.7. The molecule has 8 aromatic carbocycles. The number of hydrogen-bond donors (Lipinski definition) is 0. The molecule has 0 saturated carbocycles. The third kappa shape index (κ3) is 26.9. The van der Waals surface area contributed by atoms with Crippen LogP contribution in [-0.2, 0) is 75.8 Å². The van der Waals surface area contributed by atoms with Crippen molar-refractivity contribution in [1.82, 2.24) is 0 Å². The van der Waals surface area contributed by atoms with E-state index in [-0.39, 0.29) is 52.9 Å². The van der Waals surface area contributed by atoms with Gasteiger partial charge >= 0.3 is 0 Å². The van der Waals surface area contributed by atoms with Crippen molar-refractivity contribution < 1.29 is 114 Å². The third-order valence-corrected chi connectivity index (χ3v) is 23.4. The molecule has 0 unspecified atom stereocenters. The Morgan fingerprint density at radius 3 is 0.538 bits per heavy atom. The van der Waals surface area contributed by atoms with E-state index in [2.05, 4.69) is 48.5 Å². The van der Waals surface area contributed by atoms with Gasteiger partial charge in [-0.05, 0) is 146 Å². The van der Waals surface area contributed by atoms with Gasteiger partial charge in [-0.3, -0.25) is 0 Å². The molecule has 5 aliphatic rings. The summed E-state index contributed by atoms with van der Waals surface area (Å²) < 4.78 is 155. The summed E-state index contributed by atoms with van der Waals surface area (Å²) in [5.74, 6) is 1.48. The normalized spacial score (nSPS) is 15.7. The van der Waals surface area contributed by atoms with Crippen molar-refractivity contribution in [1.29, 1.82) is 21.0 Å². The van der Waals surface area contributed by atoms with Gasteiger partial charge in [0.05, 0.1) is 227 Å². The van der Waals surface area contributed by atoms with E-state index >= 15 is 0 Å². The Kier molecular flexibility index (Phi) is 40.9. The summed E-state index contributed by atoms with van der Waals surface area (Å²) in [5.41, 5.74) is 13.0. The number of nitrogens with zero attached hydrogens (tertiary/aromatic N) is 4. The summed E-state index contributed by atoms with van der Waals surface area (Å²) in [4.78, 5) is 0. The maximum atomic E-state index is 11.1. The molecule has 0 N–H and O–H groups in total. The minimum absolute atomic E-state index is 0.0267. The van der Waals surface area contributed by atoms with E-state index in [1.54, 1.807) is 52.7 Å². The van der Waals surface area contributed by atoms with Crippen molar-refractivity contribution in [2.45, 2.75) is 75.0 Å². The minimum atomic E-state index is -0.662. The van der Waals surface area contributed by atoms with Crippen LogP contribution in [0.3, 0.4) is 0 Å². The Bertz CT molecular complexity index is 4380. The van der Waals surface area contributed by atoms with Gasteiger partial charge < -0.3 is 114 Å². The van der Waals surface area contributed by atoms with E-state index in [0.717, 1.165) is 44.5 Å². The molecule has 8 bridgehead atoms. The number of hydrogen-bond acceptors (Lipinski definition) is 28. The molecule has 8 aromatic rings. The van der Waals surface area contributed by atoms with Crippen molar-refractivity contribution >= 4 is 0 Å². The average Bonchev–Trinajstić information content (AvgIpc) is 1.25. The van der Waals surface area contributed by atoms with Crippen LogP contribution in [0.5, 0.6) is 46.0 Å². The topological polar surface area (TPSA) is 317 Å². The van der Waals surface area contributed by atoms with E-state index in [1.807, 2.05) is 72.8 Å². The summed E-state index contributed by atoms with van der Waals surface area (Å²) in [6, 6.07) is 49.3. The number of rotatable bonds is 56. The van der Waals surface area contributed by atoms with Crippen molar-refractivity contribution in [3.05, 3.63) is 188 Å². The van der Waals surface area contributed by atoms with E-state index in [4.69, 9.17) is 114 Å².